The molecule has 9 heavy (non-hydrogen) atoms. The van der Waals surface area contributed by atoms with Gasteiger partial charge in [0, 0.05) is 0 Å². The Bertz CT molecular complexity index is 115. The third kappa shape index (κ3) is 8.07. The smallest absolute Gasteiger partial charge is 0.391 e. The highest BCUT2D eigenvalue weighted by Gasteiger charge is 2.14. The number of phosphoric acid groups is 1. The van der Waals surface area contributed by atoms with E-state index in [9.17, 15) is 4.57 Å². The summed E-state index contributed by atoms with van der Waals surface area (Å²) in [7, 11) is -4.42. The fraction of sp³-hybridized carbons (Fsp3) is 0.667. The van der Waals surface area contributed by atoms with Crippen LogP contribution in [0.2, 0.25) is 0 Å². The molecule has 0 bridgehead atoms. The van der Waals surface area contributed by atoms with E-state index in [1.165, 1.54) is 0 Å². The molecule has 0 saturated carbocycles. The van der Waals surface area contributed by atoms with Crippen LogP contribution in [0.4, 0.5) is 0 Å². The van der Waals surface area contributed by atoms with E-state index in [-0.39, 0.29) is 0 Å². The second-order valence-corrected chi connectivity index (χ2v) is 2.68. The first-order valence-electron chi connectivity index (χ1n) is 2.13. The van der Waals surface area contributed by atoms with Crippen LogP contribution in [0.5, 0.6) is 0 Å². The predicted octanol–water partition coefficient (Wildman–Crippen LogP) is -0.709. The zero-order valence-electron chi connectivity index (χ0n) is 4.60. The minimum Gasteiger partial charge on any atom is -0.391 e. The van der Waals surface area contributed by atoms with Crippen LogP contribution < -0.4 is 0 Å². The van der Waals surface area contributed by atoms with Gasteiger partial charge in [-0.25, -0.2) is 4.57 Å². The van der Waals surface area contributed by atoms with Crippen LogP contribution in [0.25, 0.3) is 0 Å². The lowest BCUT2D eigenvalue weighted by Crippen LogP contribution is -2.08. The molecule has 0 spiro atoms. The summed E-state index contributed by atoms with van der Waals surface area (Å²) < 4.78 is 13.7. The standard InChI is InChI=1S/C3H8O5P/c1-3(4)2-8-9(5,6)7/h3-4H,1-2H2,(H2,5,6,7)/t3-/m0/s1. The number of aliphatic hydroxyl groups is 1. The summed E-state index contributed by atoms with van der Waals surface area (Å²) in [6, 6.07) is 0. The van der Waals surface area contributed by atoms with Gasteiger partial charge < -0.3 is 14.9 Å². The minimum atomic E-state index is -4.42. The van der Waals surface area contributed by atoms with Crippen LogP contribution >= 0.6 is 7.82 Å². The van der Waals surface area contributed by atoms with Gasteiger partial charge in [-0.05, 0) is 6.92 Å². The highest BCUT2D eigenvalue weighted by Crippen LogP contribution is 2.35. The Kier molecular flexibility index (Phi) is 3.32. The lowest BCUT2D eigenvalue weighted by Gasteiger charge is -2.05. The molecule has 3 N–H and O–H groups in total. The van der Waals surface area contributed by atoms with Crippen molar-refractivity contribution in [3.63, 3.8) is 0 Å². The first kappa shape index (κ1) is 9.07. The summed E-state index contributed by atoms with van der Waals surface area (Å²) in [5, 5.41) is 8.34. The quantitative estimate of drug-likeness (QED) is 0.468. The summed E-state index contributed by atoms with van der Waals surface area (Å²) in [6.07, 6.45) is -1.10. The molecule has 55 valence electrons. The molecule has 0 fully saturated rings. The lowest BCUT2D eigenvalue weighted by atomic mass is 10.5. The molecule has 0 aromatic carbocycles. The topological polar surface area (TPSA) is 87.0 Å². The van der Waals surface area contributed by atoms with Gasteiger partial charge in [0.15, 0.2) is 0 Å². The van der Waals surface area contributed by atoms with Crippen molar-refractivity contribution in [2.75, 3.05) is 6.61 Å². The van der Waals surface area contributed by atoms with E-state index >= 15 is 0 Å². The molecule has 0 aromatic heterocycles. The Morgan fingerprint density at radius 1 is 1.67 bits per heavy atom. The van der Waals surface area contributed by atoms with Crippen molar-refractivity contribution in [2.24, 2.45) is 0 Å². The van der Waals surface area contributed by atoms with Crippen molar-refractivity contribution >= 4 is 7.82 Å². The molecule has 0 unspecified atom stereocenters. The highest BCUT2D eigenvalue weighted by atomic mass is 31.2. The molecule has 0 aliphatic heterocycles. The minimum absolute atomic E-state index is 0.454. The summed E-state index contributed by atoms with van der Waals surface area (Å²) in [5.74, 6) is 0. The summed E-state index contributed by atoms with van der Waals surface area (Å²) in [5.41, 5.74) is 0. The van der Waals surface area contributed by atoms with Gasteiger partial charge in [0.2, 0.25) is 0 Å². The van der Waals surface area contributed by atoms with Gasteiger partial charge in [0.1, 0.15) is 0 Å². The lowest BCUT2D eigenvalue weighted by molar-refractivity contribution is 0.112. The fourth-order valence-electron chi connectivity index (χ4n) is 0.183. The molecule has 0 heterocycles. The second kappa shape index (κ2) is 3.29. The average Bonchev–Trinajstić information content (AvgIpc) is 1.59. The summed E-state index contributed by atoms with van der Waals surface area (Å²) >= 11 is 0. The van der Waals surface area contributed by atoms with Crippen molar-refractivity contribution in [3.05, 3.63) is 6.92 Å². The Morgan fingerprint density at radius 3 is 2.22 bits per heavy atom. The molecule has 1 atom stereocenters. The van der Waals surface area contributed by atoms with Crippen LogP contribution in [0, 0.1) is 6.92 Å². The molecule has 0 aliphatic carbocycles. The van der Waals surface area contributed by atoms with Gasteiger partial charge in [0.25, 0.3) is 0 Å². The largest absolute Gasteiger partial charge is 0.469 e. The monoisotopic (exact) mass is 155 g/mol. The van der Waals surface area contributed by atoms with Gasteiger partial charge >= 0.3 is 7.82 Å². The van der Waals surface area contributed by atoms with Gasteiger partial charge in [-0.2, -0.15) is 0 Å². The van der Waals surface area contributed by atoms with Crippen LogP contribution in [0.15, 0.2) is 0 Å². The highest BCUT2D eigenvalue weighted by molar-refractivity contribution is 7.46. The van der Waals surface area contributed by atoms with E-state index in [2.05, 4.69) is 11.4 Å². The van der Waals surface area contributed by atoms with E-state index in [4.69, 9.17) is 14.9 Å². The van der Waals surface area contributed by atoms with Crippen molar-refractivity contribution in [1.82, 2.24) is 0 Å². The Hall–Kier alpha value is 0.0700. The molecule has 0 rings (SSSR count). The molecule has 0 amide bonds. The van der Waals surface area contributed by atoms with E-state index in [1.807, 2.05) is 0 Å². The fourth-order valence-corrected chi connectivity index (χ4v) is 0.549. The predicted molar refractivity (Wildman–Crippen MR) is 29.4 cm³/mol. The number of rotatable bonds is 3. The van der Waals surface area contributed by atoms with Gasteiger partial charge in [-0.3, -0.25) is 4.52 Å². The third-order valence-corrected chi connectivity index (χ3v) is 0.921. The van der Waals surface area contributed by atoms with Crippen LogP contribution in [-0.2, 0) is 9.09 Å². The Labute approximate surface area is 52.5 Å². The molecule has 1 radical (unpaired) electrons. The Morgan fingerprint density at radius 2 is 2.11 bits per heavy atom. The van der Waals surface area contributed by atoms with E-state index in [1.54, 1.807) is 0 Å². The van der Waals surface area contributed by atoms with E-state index < -0.39 is 20.5 Å². The maximum Gasteiger partial charge on any atom is 0.469 e. The second-order valence-electron chi connectivity index (χ2n) is 1.44. The summed E-state index contributed by atoms with van der Waals surface area (Å²) in [4.78, 5) is 16.0. The van der Waals surface area contributed by atoms with Crippen molar-refractivity contribution < 1.29 is 24.0 Å². The van der Waals surface area contributed by atoms with Gasteiger partial charge in [0.05, 0.1) is 12.7 Å². The van der Waals surface area contributed by atoms with Crippen LogP contribution in [0.3, 0.4) is 0 Å². The van der Waals surface area contributed by atoms with Gasteiger partial charge in [-0.15, -0.1) is 0 Å². The SMILES string of the molecule is [CH2][C@H](O)COP(=O)(O)O. The van der Waals surface area contributed by atoms with E-state index in [0.717, 1.165) is 0 Å². The Balaban J connectivity index is 3.40. The van der Waals surface area contributed by atoms with Crippen LogP contribution in [0.1, 0.15) is 0 Å². The van der Waals surface area contributed by atoms with Gasteiger partial charge in [-0.1, -0.05) is 0 Å². The number of phosphoric ester groups is 1. The number of hydrogen-bond acceptors (Lipinski definition) is 3. The zero-order valence-corrected chi connectivity index (χ0v) is 5.49. The van der Waals surface area contributed by atoms with Crippen molar-refractivity contribution in [2.45, 2.75) is 6.10 Å². The third-order valence-electron chi connectivity index (χ3n) is 0.435. The zero-order chi connectivity index (χ0) is 7.49. The molecule has 5 nitrogen and oxygen atoms in total. The first-order chi connectivity index (χ1) is 3.92. The number of hydrogen-bond donors (Lipinski definition) is 3. The normalized spacial score (nSPS) is 15.6. The van der Waals surface area contributed by atoms with E-state index in [0.29, 0.717) is 0 Å². The average molecular weight is 155 g/mol. The first-order valence-corrected chi connectivity index (χ1v) is 3.66. The molecule has 0 aliphatic rings. The maximum absolute atomic E-state index is 9.87. The van der Waals surface area contributed by atoms with Crippen molar-refractivity contribution in [3.8, 4) is 0 Å². The summed E-state index contributed by atoms with van der Waals surface area (Å²) in [6.45, 7) is 2.57. The molecule has 0 saturated heterocycles. The van der Waals surface area contributed by atoms with Crippen molar-refractivity contribution in [1.29, 1.82) is 0 Å². The van der Waals surface area contributed by atoms with Crippen LogP contribution in [-0.4, -0.2) is 27.6 Å². The molecular formula is C3H8O5P. The maximum atomic E-state index is 9.87. The number of aliphatic hydroxyl groups excluding tert-OH is 1. The molecular weight excluding hydrogens is 147 g/mol. The molecule has 6 heteroatoms. The molecule has 0 aromatic rings.